The van der Waals surface area contributed by atoms with Crippen LogP contribution in [0.2, 0.25) is 5.02 Å². The summed E-state index contributed by atoms with van der Waals surface area (Å²) in [5, 5.41) is 3.45. The van der Waals surface area contributed by atoms with E-state index in [0.29, 0.717) is 36.0 Å². The van der Waals surface area contributed by atoms with E-state index < -0.39 is 6.04 Å². The Morgan fingerprint density at radius 2 is 2.00 bits per heavy atom. The molecule has 1 aromatic rings. The molecule has 0 aliphatic carbocycles. The third kappa shape index (κ3) is 5.21. The quantitative estimate of drug-likeness (QED) is 0.855. The van der Waals surface area contributed by atoms with Gasteiger partial charge in [-0.15, -0.1) is 0 Å². The molecule has 1 saturated heterocycles. The topological polar surface area (TPSA) is 75.4 Å². The molecule has 0 radical (unpaired) electrons. The first-order valence-electron chi connectivity index (χ1n) is 8.47. The standard InChI is InChI=1S/C18H26ClN3O2/c1-12(2)10-16(18(24)22-9-3-4-15(20)11-22)21-17(23)13-5-7-14(19)8-6-13/h5-8,12,15-16H,3-4,9-11,20H2,1-2H3,(H,21,23). The summed E-state index contributed by atoms with van der Waals surface area (Å²) in [4.78, 5) is 27.1. The van der Waals surface area contributed by atoms with E-state index in [9.17, 15) is 9.59 Å². The van der Waals surface area contributed by atoms with Crippen LogP contribution in [0, 0.1) is 5.92 Å². The molecule has 0 bridgehead atoms. The highest BCUT2D eigenvalue weighted by atomic mass is 35.5. The lowest BCUT2D eigenvalue weighted by Gasteiger charge is -2.34. The minimum atomic E-state index is -0.529. The van der Waals surface area contributed by atoms with Crippen LogP contribution in [0.3, 0.4) is 0 Å². The van der Waals surface area contributed by atoms with Crippen molar-refractivity contribution in [2.45, 2.75) is 45.2 Å². The van der Waals surface area contributed by atoms with E-state index in [2.05, 4.69) is 5.32 Å². The van der Waals surface area contributed by atoms with Crippen molar-refractivity contribution in [3.63, 3.8) is 0 Å². The number of halogens is 1. The van der Waals surface area contributed by atoms with Crippen molar-refractivity contribution in [2.75, 3.05) is 13.1 Å². The normalized spacial score (nSPS) is 19.2. The molecule has 1 heterocycles. The highest BCUT2D eigenvalue weighted by Gasteiger charge is 2.29. The van der Waals surface area contributed by atoms with Gasteiger partial charge in [0.05, 0.1) is 0 Å². The fourth-order valence-electron chi connectivity index (χ4n) is 2.97. The van der Waals surface area contributed by atoms with Crippen molar-refractivity contribution >= 4 is 23.4 Å². The second-order valence-corrected chi connectivity index (χ2v) is 7.29. The number of amides is 2. The predicted octanol–water partition coefficient (Wildman–Crippen LogP) is 2.43. The Hall–Kier alpha value is -1.59. The molecular formula is C18H26ClN3O2. The number of nitrogens with two attached hydrogens (primary N) is 1. The average molecular weight is 352 g/mol. The number of hydrogen-bond acceptors (Lipinski definition) is 3. The zero-order valence-corrected chi connectivity index (χ0v) is 15.1. The molecule has 2 rings (SSSR count). The highest BCUT2D eigenvalue weighted by Crippen LogP contribution is 2.15. The largest absolute Gasteiger partial charge is 0.340 e. The van der Waals surface area contributed by atoms with Gasteiger partial charge in [0.2, 0.25) is 5.91 Å². The Balaban J connectivity index is 2.08. The first-order chi connectivity index (χ1) is 11.4. The molecule has 132 valence electrons. The number of carbonyl (C=O) groups is 2. The fourth-order valence-corrected chi connectivity index (χ4v) is 3.09. The summed E-state index contributed by atoms with van der Waals surface area (Å²) in [6.45, 7) is 5.34. The summed E-state index contributed by atoms with van der Waals surface area (Å²) in [6, 6.07) is 6.14. The smallest absolute Gasteiger partial charge is 0.251 e. The van der Waals surface area contributed by atoms with Gasteiger partial charge in [0.15, 0.2) is 0 Å². The number of carbonyl (C=O) groups excluding carboxylic acids is 2. The van der Waals surface area contributed by atoms with Crippen LogP contribution in [0.4, 0.5) is 0 Å². The second-order valence-electron chi connectivity index (χ2n) is 6.85. The molecule has 2 amide bonds. The molecule has 0 spiro atoms. The van der Waals surface area contributed by atoms with Crippen LogP contribution in [-0.2, 0) is 4.79 Å². The minimum Gasteiger partial charge on any atom is -0.340 e. The zero-order chi connectivity index (χ0) is 17.7. The summed E-state index contributed by atoms with van der Waals surface area (Å²) in [7, 11) is 0. The lowest BCUT2D eigenvalue weighted by Crippen LogP contribution is -2.53. The van der Waals surface area contributed by atoms with Crippen LogP contribution in [0.25, 0.3) is 0 Å². The molecule has 1 aliphatic rings. The van der Waals surface area contributed by atoms with Crippen LogP contribution >= 0.6 is 11.6 Å². The maximum atomic E-state index is 12.8. The number of nitrogens with one attached hydrogen (secondary N) is 1. The zero-order valence-electron chi connectivity index (χ0n) is 14.3. The first-order valence-corrected chi connectivity index (χ1v) is 8.85. The molecular weight excluding hydrogens is 326 g/mol. The molecule has 1 aromatic carbocycles. The van der Waals surface area contributed by atoms with Crippen LogP contribution in [-0.4, -0.2) is 41.9 Å². The van der Waals surface area contributed by atoms with E-state index >= 15 is 0 Å². The van der Waals surface area contributed by atoms with E-state index in [4.69, 9.17) is 17.3 Å². The van der Waals surface area contributed by atoms with E-state index in [1.165, 1.54) is 0 Å². The first kappa shape index (κ1) is 18.7. The molecule has 6 heteroatoms. The Morgan fingerprint density at radius 3 is 2.58 bits per heavy atom. The van der Waals surface area contributed by atoms with Gasteiger partial charge < -0.3 is 16.0 Å². The molecule has 5 nitrogen and oxygen atoms in total. The third-order valence-electron chi connectivity index (χ3n) is 4.19. The number of piperidine rings is 1. The molecule has 2 unspecified atom stereocenters. The Morgan fingerprint density at radius 1 is 1.33 bits per heavy atom. The van der Waals surface area contributed by atoms with Crippen LogP contribution in [0.5, 0.6) is 0 Å². The fraction of sp³-hybridized carbons (Fsp3) is 0.556. The Kier molecular flexibility index (Phi) is 6.63. The molecule has 24 heavy (non-hydrogen) atoms. The maximum absolute atomic E-state index is 12.8. The van der Waals surface area contributed by atoms with E-state index in [1.54, 1.807) is 29.2 Å². The number of rotatable bonds is 5. The maximum Gasteiger partial charge on any atom is 0.251 e. The van der Waals surface area contributed by atoms with Gasteiger partial charge >= 0.3 is 0 Å². The van der Waals surface area contributed by atoms with Crippen molar-refractivity contribution < 1.29 is 9.59 Å². The monoisotopic (exact) mass is 351 g/mol. The summed E-state index contributed by atoms with van der Waals surface area (Å²) in [6.07, 6.45) is 2.45. The van der Waals surface area contributed by atoms with Gasteiger partial charge in [0, 0.05) is 29.7 Å². The van der Waals surface area contributed by atoms with Crippen molar-refractivity contribution in [1.82, 2.24) is 10.2 Å². The third-order valence-corrected chi connectivity index (χ3v) is 4.44. The molecule has 1 aliphatic heterocycles. The van der Waals surface area contributed by atoms with Crippen molar-refractivity contribution in [1.29, 1.82) is 0 Å². The van der Waals surface area contributed by atoms with Gasteiger partial charge in [0.1, 0.15) is 6.04 Å². The molecule has 1 fully saturated rings. The number of nitrogens with zero attached hydrogens (tertiary/aromatic N) is 1. The van der Waals surface area contributed by atoms with Gasteiger partial charge in [-0.25, -0.2) is 0 Å². The van der Waals surface area contributed by atoms with Crippen LogP contribution < -0.4 is 11.1 Å². The Labute approximate surface area is 148 Å². The lowest BCUT2D eigenvalue weighted by atomic mass is 10.00. The van der Waals surface area contributed by atoms with Gasteiger partial charge in [-0.3, -0.25) is 9.59 Å². The van der Waals surface area contributed by atoms with Gasteiger partial charge in [0.25, 0.3) is 5.91 Å². The molecule has 2 atom stereocenters. The van der Waals surface area contributed by atoms with Gasteiger partial charge in [-0.1, -0.05) is 25.4 Å². The van der Waals surface area contributed by atoms with Gasteiger partial charge in [-0.2, -0.15) is 0 Å². The average Bonchev–Trinajstić information content (AvgIpc) is 2.53. The van der Waals surface area contributed by atoms with Crippen LogP contribution in [0.15, 0.2) is 24.3 Å². The SMILES string of the molecule is CC(C)CC(NC(=O)c1ccc(Cl)cc1)C(=O)N1CCCC(N)C1. The molecule has 0 saturated carbocycles. The van der Waals surface area contributed by atoms with Crippen molar-refractivity contribution in [2.24, 2.45) is 11.7 Å². The number of hydrogen-bond donors (Lipinski definition) is 2. The van der Waals surface area contributed by atoms with Crippen LogP contribution in [0.1, 0.15) is 43.5 Å². The lowest BCUT2D eigenvalue weighted by molar-refractivity contribution is -0.134. The van der Waals surface area contributed by atoms with E-state index in [-0.39, 0.29) is 17.9 Å². The van der Waals surface area contributed by atoms with E-state index in [1.807, 2.05) is 13.8 Å². The number of benzene rings is 1. The second kappa shape index (κ2) is 8.49. The molecule has 0 aromatic heterocycles. The van der Waals surface area contributed by atoms with E-state index in [0.717, 1.165) is 12.8 Å². The summed E-state index contributed by atoms with van der Waals surface area (Å²) >= 11 is 5.85. The minimum absolute atomic E-state index is 0.0226. The van der Waals surface area contributed by atoms with Crippen molar-refractivity contribution in [3.8, 4) is 0 Å². The highest BCUT2D eigenvalue weighted by molar-refractivity contribution is 6.30. The molecule has 3 N–H and O–H groups in total. The summed E-state index contributed by atoms with van der Waals surface area (Å²) in [5.74, 6) is -0.00364. The van der Waals surface area contributed by atoms with Gasteiger partial charge in [-0.05, 0) is 49.4 Å². The van der Waals surface area contributed by atoms with Crippen molar-refractivity contribution in [3.05, 3.63) is 34.9 Å². The summed E-state index contributed by atoms with van der Waals surface area (Å²) in [5.41, 5.74) is 6.47. The predicted molar refractivity (Wildman–Crippen MR) is 96.0 cm³/mol. The Bertz CT molecular complexity index is 574. The number of likely N-dealkylation sites (tertiary alicyclic amines) is 1. The summed E-state index contributed by atoms with van der Waals surface area (Å²) < 4.78 is 0.